The molecule has 1 aliphatic rings. The van der Waals surface area contributed by atoms with E-state index >= 15 is 0 Å². The first kappa shape index (κ1) is 13.3. The summed E-state index contributed by atoms with van der Waals surface area (Å²) in [6, 6.07) is 1.93. The van der Waals surface area contributed by atoms with Gasteiger partial charge < -0.3 is 10.6 Å². The van der Waals surface area contributed by atoms with Crippen molar-refractivity contribution in [1.82, 2.24) is 14.9 Å². The molecule has 2 aromatic rings. The zero-order chi connectivity index (χ0) is 13.9. The number of hydrogen-bond donors (Lipinski definition) is 1. The molecule has 0 radical (unpaired) electrons. The number of nitrogens with two attached hydrogens (primary N) is 1. The number of carbonyl (C=O) groups excluding carboxylic acids is 1. The third kappa shape index (κ3) is 2.75. The zero-order valence-corrected chi connectivity index (χ0v) is 12.2. The predicted molar refractivity (Wildman–Crippen MR) is 80.3 cm³/mol. The van der Waals surface area contributed by atoms with E-state index in [4.69, 9.17) is 5.73 Å². The molecule has 1 saturated heterocycles. The van der Waals surface area contributed by atoms with Gasteiger partial charge >= 0.3 is 0 Å². The number of thiophene rings is 1. The van der Waals surface area contributed by atoms with E-state index in [1.807, 2.05) is 16.3 Å². The number of fused-ring (bicyclic) bond motifs is 1. The molecule has 0 aliphatic carbocycles. The first-order chi connectivity index (χ1) is 9.74. The smallest absolute Gasteiger partial charge is 0.222 e. The molecule has 2 aromatic heterocycles. The lowest BCUT2D eigenvalue weighted by Gasteiger charge is -2.24. The van der Waals surface area contributed by atoms with Crippen molar-refractivity contribution in [2.75, 3.05) is 12.3 Å². The third-order valence-electron chi connectivity index (χ3n) is 3.65. The van der Waals surface area contributed by atoms with E-state index in [0.717, 1.165) is 36.0 Å². The molecule has 2 N–H and O–H groups in total. The minimum absolute atomic E-state index is 0.207. The highest BCUT2D eigenvalue weighted by molar-refractivity contribution is 7.16. The second kappa shape index (κ2) is 5.75. The Morgan fingerprint density at radius 1 is 1.25 bits per heavy atom. The number of hydrogen-bond acceptors (Lipinski definition) is 5. The van der Waals surface area contributed by atoms with Crippen LogP contribution in [0.1, 0.15) is 37.9 Å². The predicted octanol–water partition coefficient (Wildman–Crippen LogP) is 2.57. The van der Waals surface area contributed by atoms with Crippen LogP contribution in [0.4, 0.5) is 5.82 Å². The molecule has 0 bridgehead atoms. The molecular formula is C14H18N4OS. The minimum atomic E-state index is 0.207. The van der Waals surface area contributed by atoms with Gasteiger partial charge in [0.05, 0.1) is 11.9 Å². The van der Waals surface area contributed by atoms with Crippen LogP contribution in [0, 0.1) is 0 Å². The van der Waals surface area contributed by atoms with Gasteiger partial charge in [-0.1, -0.05) is 12.8 Å². The molecular weight excluding hydrogens is 272 g/mol. The van der Waals surface area contributed by atoms with Gasteiger partial charge in [-0.15, -0.1) is 11.3 Å². The minimum Gasteiger partial charge on any atom is -0.383 e. The van der Waals surface area contributed by atoms with Crippen molar-refractivity contribution in [3.8, 4) is 0 Å². The van der Waals surface area contributed by atoms with E-state index in [-0.39, 0.29) is 5.91 Å². The van der Waals surface area contributed by atoms with E-state index in [2.05, 4.69) is 9.97 Å². The van der Waals surface area contributed by atoms with Crippen LogP contribution >= 0.6 is 11.3 Å². The largest absolute Gasteiger partial charge is 0.383 e. The Kier molecular flexibility index (Phi) is 3.82. The molecule has 20 heavy (non-hydrogen) atoms. The molecule has 0 spiro atoms. The molecule has 106 valence electrons. The summed E-state index contributed by atoms with van der Waals surface area (Å²) in [4.78, 5) is 23.7. The SMILES string of the molecule is Nc1nc(CN2CCCCCCC2=O)nc2sccc12. The quantitative estimate of drug-likeness (QED) is 0.922. The van der Waals surface area contributed by atoms with Gasteiger partial charge in [-0.25, -0.2) is 9.97 Å². The lowest BCUT2D eigenvalue weighted by atomic mass is 10.1. The number of nitrogens with zero attached hydrogens (tertiary/aromatic N) is 3. The summed E-state index contributed by atoms with van der Waals surface area (Å²) in [6.45, 7) is 1.27. The van der Waals surface area contributed by atoms with Crippen LogP contribution in [0.15, 0.2) is 11.4 Å². The van der Waals surface area contributed by atoms with E-state index < -0.39 is 0 Å². The Hall–Kier alpha value is -1.69. The van der Waals surface area contributed by atoms with Crippen LogP contribution in [0.25, 0.3) is 10.2 Å². The fourth-order valence-corrected chi connectivity index (χ4v) is 3.34. The topological polar surface area (TPSA) is 72.1 Å². The standard InChI is InChI=1S/C14H18N4OS/c15-13-10-6-8-20-14(10)17-11(16-13)9-18-7-4-2-1-3-5-12(18)19/h6,8H,1-5,7,9H2,(H2,15,16,17). The molecule has 6 heteroatoms. The Morgan fingerprint density at radius 3 is 3.00 bits per heavy atom. The number of carbonyl (C=O) groups is 1. The molecule has 0 atom stereocenters. The number of aromatic nitrogens is 2. The molecule has 1 fully saturated rings. The van der Waals surface area contributed by atoms with Crippen molar-refractivity contribution in [3.63, 3.8) is 0 Å². The number of anilines is 1. The van der Waals surface area contributed by atoms with Crippen molar-refractivity contribution in [3.05, 3.63) is 17.3 Å². The molecule has 0 unspecified atom stereocenters. The Morgan fingerprint density at radius 2 is 2.10 bits per heavy atom. The Balaban J connectivity index is 1.81. The molecule has 3 heterocycles. The van der Waals surface area contributed by atoms with Crippen LogP contribution in [0.3, 0.4) is 0 Å². The van der Waals surface area contributed by atoms with Crippen LogP contribution in [-0.4, -0.2) is 27.3 Å². The molecule has 3 rings (SSSR count). The van der Waals surface area contributed by atoms with Gasteiger partial charge in [0, 0.05) is 13.0 Å². The van der Waals surface area contributed by atoms with E-state index in [1.54, 1.807) is 11.3 Å². The van der Waals surface area contributed by atoms with E-state index in [0.29, 0.717) is 24.6 Å². The number of rotatable bonds is 2. The van der Waals surface area contributed by atoms with Gasteiger partial charge in [0.25, 0.3) is 0 Å². The van der Waals surface area contributed by atoms with Crippen molar-refractivity contribution in [2.24, 2.45) is 0 Å². The van der Waals surface area contributed by atoms with Gasteiger partial charge in [0.1, 0.15) is 10.6 Å². The van der Waals surface area contributed by atoms with Crippen molar-refractivity contribution >= 4 is 33.3 Å². The maximum Gasteiger partial charge on any atom is 0.222 e. The summed E-state index contributed by atoms with van der Waals surface area (Å²) in [7, 11) is 0. The van der Waals surface area contributed by atoms with Crippen molar-refractivity contribution < 1.29 is 4.79 Å². The first-order valence-corrected chi connectivity index (χ1v) is 7.89. The van der Waals surface area contributed by atoms with Crippen molar-refractivity contribution in [1.29, 1.82) is 0 Å². The van der Waals surface area contributed by atoms with Crippen molar-refractivity contribution in [2.45, 2.75) is 38.6 Å². The maximum absolute atomic E-state index is 12.1. The van der Waals surface area contributed by atoms with Crippen LogP contribution < -0.4 is 5.73 Å². The fraction of sp³-hybridized carbons (Fsp3) is 0.500. The van der Waals surface area contributed by atoms with Gasteiger partial charge in [-0.05, 0) is 24.3 Å². The summed E-state index contributed by atoms with van der Waals surface area (Å²) in [5.74, 6) is 1.36. The summed E-state index contributed by atoms with van der Waals surface area (Å²) in [6.07, 6.45) is 5.03. The monoisotopic (exact) mass is 290 g/mol. The fourth-order valence-electron chi connectivity index (χ4n) is 2.55. The van der Waals surface area contributed by atoms with E-state index in [9.17, 15) is 4.79 Å². The second-order valence-corrected chi connectivity index (χ2v) is 6.04. The highest BCUT2D eigenvalue weighted by Crippen LogP contribution is 2.23. The first-order valence-electron chi connectivity index (χ1n) is 7.01. The van der Waals surface area contributed by atoms with Gasteiger partial charge in [0.15, 0.2) is 5.82 Å². The lowest BCUT2D eigenvalue weighted by Crippen LogP contribution is -2.33. The zero-order valence-electron chi connectivity index (χ0n) is 11.3. The third-order valence-corrected chi connectivity index (χ3v) is 4.46. The second-order valence-electron chi connectivity index (χ2n) is 5.14. The number of nitrogen functional groups attached to an aromatic ring is 1. The van der Waals surface area contributed by atoms with Gasteiger partial charge in [0.2, 0.25) is 5.91 Å². The maximum atomic E-state index is 12.1. The molecule has 5 nitrogen and oxygen atoms in total. The highest BCUT2D eigenvalue weighted by Gasteiger charge is 2.17. The Labute approximate surface area is 121 Å². The average molecular weight is 290 g/mol. The average Bonchev–Trinajstić information content (AvgIpc) is 2.87. The molecule has 0 saturated carbocycles. The van der Waals surface area contributed by atoms with Gasteiger partial charge in [-0.3, -0.25) is 4.79 Å². The summed E-state index contributed by atoms with van der Waals surface area (Å²) < 4.78 is 0. The summed E-state index contributed by atoms with van der Waals surface area (Å²) >= 11 is 1.55. The lowest BCUT2D eigenvalue weighted by molar-refractivity contribution is -0.132. The van der Waals surface area contributed by atoms with Crippen LogP contribution in [0.5, 0.6) is 0 Å². The number of amides is 1. The Bertz CT molecular complexity index is 625. The summed E-state index contributed by atoms with van der Waals surface area (Å²) in [5.41, 5.74) is 5.95. The normalized spacial score (nSPS) is 17.2. The van der Waals surface area contributed by atoms with E-state index in [1.165, 1.54) is 6.42 Å². The van der Waals surface area contributed by atoms with Gasteiger partial charge in [-0.2, -0.15) is 0 Å². The van der Waals surface area contributed by atoms with Crippen LogP contribution in [0.2, 0.25) is 0 Å². The van der Waals surface area contributed by atoms with Crippen LogP contribution in [-0.2, 0) is 11.3 Å². The number of likely N-dealkylation sites (tertiary alicyclic amines) is 1. The molecule has 0 aromatic carbocycles. The molecule has 1 amide bonds. The molecule has 1 aliphatic heterocycles. The summed E-state index contributed by atoms with van der Waals surface area (Å²) in [5, 5.41) is 2.86. The highest BCUT2D eigenvalue weighted by atomic mass is 32.1.